The molecule has 1 aromatic carbocycles. The number of aliphatic imine (C=N–C) groups is 1. The fourth-order valence-corrected chi connectivity index (χ4v) is 5.18. The summed E-state index contributed by atoms with van der Waals surface area (Å²) in [5.74, 6) is -0.174. The summed E-state index contributed by atoms with van der Waals surface area (Å²) in [5.41, 5.74) is 4.39. The van der Waals surface area contributed by atoms with E-state index in [4.69, 9.17) is 10.1 Å². The molecule has 1 N–H and O–H groups in total. The van der Waals surface area contributed by atoms with Crippen LogP contribution in [0.2, 0.25) is 0 Å². The summed E-state index contributed by atoms with van der Waals surface area (Å²) >= 11 is 1.43. The number of rotatable bonds is 3. The van der Waals surface area contributed by atoms with E-state index in [9.17, 15) is 4.79 Å². The number of benzene rings is 1. The molecule has 4 heterocycles. The lowest BCUT2D eigenvalue weighted by Gasteiger charge is -2.24. The van der Waals surface area contributed by atoms with Crippen LogP contribution in [0.5, 0.6) is 0 Å². The molecule has 1 saturated heterocycles. The Labute approximate surface area is 173 Å². The third-order valence-corrected chi connectivity index (χ3v) is 6.75. The molecule has 0 saturated carbocycles. The molecule has 0 bridgehead atoms. The molecule has 0 aliphatic carbocycles. The van der Waals surface area contributed by atoms with Crippen LogP contribution < -0.4 is 4.90 Å². The zero-order valence-electron chi connectivity index (χ0n) is 16.4. The van der Waals surface area contributed by atoms with Gasteiger partial charge < -0.3 is 9.30 Å². The van der Waals surface area contributed by atoms with E-state index in [1.807, 2.05) is 30.3 Å². The van der Waals surface area contributed by atoms with Crippen molar-refractivity contribution in [2.45, 2.75) is 44.2 Å². The highest BCUT2D eigenvalue weighted by molar-refractivity contribution is 8.15. The number of ether oxygens (including phenoxy) is 1. The summed E-state index contributed by atoms with van der Waals surface area (Å²) in [6, 6.07) is 9.91. The minimum Gasteiger partial charge on any atom is -0.376 e. The quantitative estimate of drug-likeness (QED) is 0.778. The number of aromatic nitrogens is 1. The molecule has 7 heteroatoms. The Balaban J connectivity index is 1.50. The molecule has 0 unspecified atom stereocenters. The first-order chi connectivity index (χ1) is 14.0. The summed E-state index contributed by atoms with van der Waals surface area (Å²) in [4.78, 5) is 19.8. The highest BCUT2D eigenvalue weighted by atomic mass is 32.2. The number of nitrogens with one attached hydrogen (secondary N) is 1. The molecular formula is C22H22N4O2S. The second-order valence-corrected chi connectivity index (χ2v) is 8.59. The lowest BCUT2D eigenvalue weighted by Crippen LogP contribution is -2.39. The molecule has 6 nitrogen and oxygen atoms in total. The van der Waals surface area contributed by atoms with Crippen molar-refractivity contribution in [2.75, 3.05) is 11.5 Å². The summed E-state index contributed by atoms with van der Waals surface area (Å²) in [7, 11) is 0. The third-order valence-electron chi connectivity index (χ3n) is 5.73. The number of amides is 1. The molecular weight excluding hydrogens is 384 g/mol. The van der Waals surface area contributed by atoms with E-state index >= 15 is 0 Å². The minimum absolute atomic E-state index is 0.182. The second-order valence-electron chi connectivity index (χ2n) is 7.58. The van der Waals surface area contributed by atoms with Crippen molar-refractivity contribution in [1.82, 2.24) is 4.57 Å². The Morgan fingerprint density at radius 3 is 2.97 bits per heavy atom. The van der Waals surface area contributed by atoms with Gasteiger partial charge in [0.2, 0.25) is 0 Å². The van der Waals surface area contributed by atoms with Crippen LogP contribution in [0, 0.1) is 19.3 Å². The van der Waals surface area contributed by atoms with E-state index in [2.05, 4.69) is 29.5 Å². The van der Waals surface area contributed by atoms with E-state index in [0.717, 1.165) is 53.5 Å². The Morgan fingerprint density at radius 1 is 1.34 bits per heavy atom. The van der Waals surface area contributed by atoms with Gasteiger partial charge in [0.25, 0.3) is 5.91 Å². The first kappa shape index (κ1) is 18.4. The third kappa shape index (κ3) is 3.05. The monoisotopic (exact) mass is 406 g/mol. The maximum Gasteiger partial charge on any atom is 0.283 e. The van der Waals surface area contributed by atoms with Gasteiger partial charge in [-0.2, -0.15) is 4.99 Å². The minimum atomic E-state index is -0.356. The fraction of sp³-hybridized carbons (Fsp3) is 0.318. The van der Waals surface area contributed by atoms with Crippen LogP contribution in [0.15, 0.2) is 45.8 Å². The van der Waals surface area contributed by atoms with Gasteiger partial charge in [-0.05, 0) is 68.3 Å². The predicted octanol–water partition coefficient (Wildman–Crippen LogP) is 4.15. The normalized spacial score (nSPS) is 22.3. The van der Waals surface area contributed by atoms with Crippen LogP contribution in [0.1, 0.15) is 29.8 Å². The molecule has 3 aliphatic heterocycles. The van der Waals surface area contributed by atoms with Crippen LogP contribution >= 0.6 is 11.8 Å². The van der Waals surface area contributed by atoms with E-state index in [0.29, 0.717) is 10.7 Å². The maximum absolute atomic E-state index is 12.7. The SMILES string of the molecule is Cc1cc(/C=C2/C(=N)N3C(=NC2=O)Sc2ccccc23)c(C)n1C[C@@H]1CCCO1. The molecule has 148 valence electrons. The number of para-hydroxylation sites is 1. The van der Waals surface area contributed by atoms with Crippen molar-refractivity contribution < 1.29 is 9.53 Å². The van der Waals surface area contributed by atoms with Gasteiger partial charge in [0.15, 0.2) is 5.17 Å². The molecule has 29 heavy (non-hydrogen) atoms. The van der Waals surface area contributed by atoms with Crippen molar-refractivity contribution >= 4 is 40.4 Å². The lowest BCUT2D eigenvalue weighted by molar-refractivity contribution is -0.113. The Bertz CT molecular complexity index is 1090. The molecule has 1 atom stereocenters. The van der Waals surface area contributed by atoms with Gasteiger partial charge >= 0.3 is 0 Å². The van der Waals surface area contributed by atoms with Crippen LogP contribution in [0.25, 0.3) is 6.08 Å². The molecule has 2 aromatic rings. The Hall–Kier alpha value is -2.64. The first-order valence-corrected chi connectivity index (χ1v) is 10.6. The van der Waals surface area contributed by atoms with Crippen LogP contribution in [0.4, 0.5) is 5.69 Å². The van der Waals surface area contributed by atoms with Crippen LogP contribution in [-0.4, -0.2) is 34.2 Å². The smallest absolute Gasteiger partial charge is 0.283 e. The average Bonchev–Trinajstić information content (AvgIpc) is 3.40. The number of carbonyl (C=O) groups excluding carboxylic acids is 1. The van der Waals surface area contributed by atoms with Gasteiger partial charge in [0.05, 0.1) is 17.4 Å². The predicted molar refractivity (Wildman–Crippen MR) is 116 cm³/mol. The molecule has 5 rings (SSSR count). The number of aryl methyl sites for hydroxylation is 1. The van der Waals surface area contributed by atoms with Gasteiger partial charge in [0.1, 0.15) is 5.84 Å². The topological polar surface area (TPSA) is 70.7 Å². The molecule has 0 radical (unpaired) electrons. The molecule has 1 fully saturated rings. The van der Waals surface area contributed by atoms with E-state index in [1.54, 1.807) is 4.90 Å². The van der Waals surface area contributed by atoms with E-state index < -0.39 is 0 Å². The zero-order chi connectivity index (χ0) is 20.1. The van der Waals surface area contributed by atoms with E-state index in [-0.39, 0.29) is 17.8 Å². The largest absolute Gasteiger partial charge is 0.376 e. The number of hydrogen-bond donors (Lipinski definition) is 1. The van der Waals surface area contributed by atoms with Crippen molar-refractivity contribution in [1.29, 1.82) is 5.41 Å². The molecule has 1 amide bonds. The zero-order valence-corrected chi connectivity index (χ0v) is 17.3. The van der Waals surface area contributed by atoms with E-state index in [1.165, 1.54) is 11.8 Å². The van der Waals surface area contributed by atoms with Gasteiger partial charge in [0, 0.05) is 29.4 Å². The van der Waals surface area contributed by atoms with Crippen LogP contribution in [0.3, 0.4) is 0 Å². The maximum atomic E-state index is 12.7. The summed E-state index contributed by atoms with van der Waals surface area (Å²) in [5, 5.41) is 9.27. The van der Waals surface area contributed by atoms with Crippen molar-refractivity contribution in [3.05, 3.63) is 52.9 Å². The Morgan fingerprint density at radius 2 is 2.17 bits per heavy atom. The summed E-state index contributed by atoms with van der Waals surface area (Å²) < 4.78 is 8.03. The second kappa shape index (κ2) is 7.00. The lowest BCUT2D eigenvalue weighted by atomic mass is 10.1. The van der Waals surface area contributed by atoms with Crippen molar-refractivity contribution in [3.8, 4) is 0 Å². The Kier molecular flexibility index (Phi) is 4.44. The average molecular weight is 407 g/mol. The number of amidine groups is 2. The van der Waals surface area contributed by atoms with Gasteiger partial charge in [-0.25, -0.2) is 0 Å². The number of carbonyl (C=O) groups is 1. The van der Waals surface area contributed by atoms with Crippen LogP contribution in [-0.2, 0) is 16.1 Å². The highest BCUT2D eigenvalue weighted by Crippen LogP contribution is 2.42. The highest BCUT2D eigenvalue weighted by Gasteiger charge is 2.37. The van der Waals surface area contributed by atoms with Crippen molar-refractivity contribution in [2.24, 2.45) is 4.99 Å². The van der Waals surface area contributed by atoms with Crippen molar-refractivity contribution in [3.63, 3.8) is 0 Å². The molecule has 0 spiro atoms. The summed E-state index contributed by atoms with van der Waals surface area (Å²) in [6.07, 6.45) is 4.26. The number of thioether (sulfide) groups is 1. The fourth-order valence-electron chi connectivity index (χ4n) is 4.17. The van der Waals surface area contributed by atoms with Gasteiger partial charge in [-0.15, -0.1) is 0 Å². The first-order valence-electron chi connectivity index (χ1n) is 9.82. The van der Waals surface area contributed by atoms with Gasteiger partial charge in [-0.1, -0.05) is 12.1 Å². The standard InChI is InChI=1S/C22H22N4O2S/c1-13-10-15(14(2)25(13)12-16-6-5-9-28-16)11-17-20(23)26-18-7-3-4-8-19(18)29-22(26)24-21(17)27/h3-4,7-8,10-11,16,23H,5-6,9,12H2,1-2H3/b17-11-,23-20?/t16-/m0/s1. The number of fused-ring (bicyclic) bond motifs is 3. The number of anilines is 1. The summed E-state index contributed by atoms with van der Waals surface area (Å²) in [6.45, 7) is 5.79. The molecule has 3 aliphatic rings. The number of hydrogen-bond acceptors (Lipinski definition) is 4. The number of nitrogens with zero attached hydrogens (tertiary/aromatic N) is 3. The molecule has 1 aromatic heterocycles. The van der Waals surface area contributed by atoms with Gasteiger partial charge in [-0.3, -0.25) is 15.1 Å².